The smallest absolute Gasteiger partial charge is 0.280 e. The summed E-state index contributed by atoms with van der Waals surface area (Å²) in [6.45, 7) is 2.18. The van der Waals surface area contributed by atoms with E-state index in [4.69, 9.17) is 10.5 Å². The second-order valence-electron chi connectivity index (χ2n) is 7.33. The Kier molecular flexibility index (Phi) is 6.86. The van der Waals surface area contributed by atoms with Crippen LogP contribution in [-0.2, 0) is 0 Å². The second kappa shape index (κ2) is 10.2. The molecule has 0 spiro atoms. The number of anilines is 2. The maximum atomic E-state index is 13.5. The summed E-state index contributed by atoms with van der Waals surface area (Å²) in [6, 6.07) is 14.0. The highest BCUT2D eigenvalue weighted by Crippen LogP contribution is 2.39. The van der Waals surface area contributed by atoms with E-state index in [-0.39, 0.29) is 24.1 Å². The van der Waals surface area contributed by atoms with Gasteiger partial charge >= 0.3 is 0 Å². The van der Waals surface area contributed by atoms with Crippen LogP contribution in [0.4, 0.5) is 24.9 Å². The standard InChI is InChI=1S/C24H21F3N6O/c1-14-12-16(13-18(31-14)22(26)27)20-21(15-5-7-17(25)8-6-15)32-24(28)33-23(20)34-11-10-30-19-4-2-3-9-29-19/h2-9,12-13,22H,10-11H2,1H3,(H,29,30)(H2,28,32,33). The van der Waals surface area contributed by atoms with Gasteiger partial charge in [-0.05, 0) is 61.0 Å². The zero-order valence-corrected chi connectivity index (χ0v) is 18.2. The Morgan fingerprint density at radius 2 is 1.79 bits per heavy atom. The molecule has 3 aromatic heterocycles. The van der Waals surface area contributed by atoms with Gasteiger partial charge in [-0.2, -0.15) is 4.98 Å². The summed E-state index contributed by atoms with van der Waals surface area (Å²) in [4.78, 5) is 16.6. The molecule has 1 aromatic carbocycles. The number of benzene rings is 1. The number of rotatable bonds is 8. The number of alkyl halides is 2. The Labute approximate surface area is 193 Å². The van der Waals surface area contributed by atoms with Gasteiger partial charge in [0.05, 0.1) is 17.8 Å². The van der Waals surface area contributed by atoms with E-state index in [1.54, 1.807) is 25.3 Å². The number of nitrogens with zero attached hydrogens (tertiary/aromatic N) is 4. The largest absolute Gasteiger partial charge is 0.475 e. The maximum absolute atomic E-state index is 13.5. The molecule has 0 fully saturated rings. The van der Waals surface area contributed by atoms with E-state index < -0.39 is 12.2 Å². The molecule has 34 heavy (non-hydrogen) atoms. The summed E-state index contributed by atoms with van der Waals surface area (Å²) in [5.41, 5.74) is 7.53. The van der Waals surface area contributed by atoms with Crippen molar-refractivity contribution in [2.45, 2.75) is 13.3 Å². The first-order valence-corrected chi connectivity index (χ1v) is 10.4. The van der Waals surface area contributed by atoms with Crippen molar-refractivity contribution in [3.8, 4) is 28.3 Å². The number of halogens is 3. The zero-order chi connectivity index (χ0) is 24.1. The van der Waals surface area contributed by atoms with Gasteiger partial charge in [0.2, 0.25) is 11.8 Å². The maximum Gasteiger partial charge on any atom is 0.280 e. The number of nitrogens with two attached hydrogens (primary N) is 1. The fourth-order valence-electron chi connectivity index (χ4n) is 3.38. The fourth-order valence-corrected chi connectivity index (χ4v) is 3.38. The summed E-state index contributed by atoms with van der Waals surface area (Å²) < 4.78 is 46.4. The molecule has 4 aromatic rings. The topological polar surface area (TPSA) is 98.8 Å². The lowest BCUT2D eigenvalue weighted by Crippen LogP contribution is -2.14. The number of hydrogen-bond acceptors (Lipinski definition) is 7. The first-order valence-electron chi connectivity index (χ1n) is 10.4. The van der Waals surface area contributed by atoms with E-state index in [9.17, 15) is 13.2 Å². The molecule has 0 unspecified atom stereocenters. The summed E-state index contributed by atoms with van der Waals surface area (Å²) in [7, 11) is 0. The summed E-state index contributed by atoms with van der Waals surface area (Å²) in [5.74, 6) is 0.284. The third-order valence-electron chi connectivity index (χ3n) is 4.81. The molecule has 3 N–H and O–H groups in total. The fraction of sp³-hybridized carbons (Fsp3) is 0.167. The molecule has 0 atom stereocenters. The minimum absolute atomic E-state index is 0.0735. The SMILES string of the molecule is Cc1cc(-c2c(OCCNc3ccccn3)nc(N)nc2-c2ccc(F)cc2)cc(C(F)F)n1. The van der Waals surface area contributed by atoms with Crippen molar-refractivity contribution in [2.24, 2.45) is 0 Å². The van der Waals surface area contributed by atoms with Crippen LogP contribution in [-0.4, -0.2) is 33.1 Å². The molecule has 0 saturated carbocycles. The molecule has 10 heteroatoms. The van der Waals surface area contributed by atoms with E-state index in [2.05, 4.69) is 25.3 Å². The molecule has 0 radical (unpaired) electrons. The highest BCUT2D eigenvalue weighted by atomic mass is 19.3. The van der Waals surface area contributed by atoms with Crippen LogP contribution in [0.25, 0.3) is 22.4 Å². The van der Waals surface area contributed by atoms with Crippen LogP contribution in [0.2, 0.25) is 0 Å². The quantitative estimate of drug-likeness (QED) is 0.350. The van der Waals surface area contributed by atoms with Crippen molar-refractivity contribution in [1.29, 1.82) is 0 Å². The Morgan fingerprint density at radius 1 is 1.00 bits per heavy atom. The minimum Gasteiger partial charge on any atom is -0.475 e. The van der Waals surface area contributed by atoms with Gasteiger partial charge in [-0.25, -0.2) is 23.1 Å². The van der Waals surface area contributed by atoms with Gasteiger partial charge in [0.15, 0.2) is 0 Å². The molecular formula is C24H21F3N6O. The van der Waals surface area contributed by atoms with Crippen molar-refractivity contribution < 1.29 is 17.9 Å². The number of hydrogen-bond donors (Lipinski definition) is 2. The van der Waals surface area contributed by atoms with Crippen LogP contribution in [0.1, 0.15) is 17.8 Å². The predicted octanol–water partition coefficient (Wildman–Crippen LogP) is 5.06. The van der Waals surface area contributed by atoms with Crippen molar-refractivity contribution in [2.75, 3.05) is 24.2 Å². The number of ether oxygens (including phenoxy) is 1. The van der Waals surface area contributed by atoms with Crippen molar-refractivity contribution in [3.63, 3.8) is 0 Å². The van der Waals surface area contributed by atoms with Crippen molar-refractivity contribution in [1.82, 2.24) is 19.9 Å². The van der Waals surface area contributed by atoms with Gasteiger partial charge in [-0.1, -0.05) is 6.07 Å². The van der Waals surface area contributed by atoms with Crippen LogP contribution >= 0.6 is 0 Å². The number of aromatic nitrogens is 4. The molecule has 0 aliphatic heterocycles. The second-order valence-corrected chi connectivity index (χ2v) is 7.33. The third-order valence-corrected chi connectivity index (χ3v) is 4.81. The lowest BCUT2D eigenvalue weighted by atomic mass is 9.99. The summed E-state index contributed by atoms with van der Waals surface area (Å²) >= 11 is 0. The highest BCUT2D eigenvalue weighted by Gasteiger charge is 2.21. The van der Waals surface area contributed by atoms with Gasteiger partial charge in [-0.3, -0.25) is 4.98 Å². The molecule has 0 bridgehead atoms. The van der Waals surface area contributed by atoms with Crippen molar-refractivity contribution in [3.05, 3.63) is 78.0 Å². The molecule has 7 nitrogen and oxygen atoms in total. The Morgan fingerprint density at radius 3 is 2.50 bits per heavy atom. The van der Waals surface area contributed by atoms with E-state index in [1.807, 2.05) is 12.1 Å². The minimum atomic E-state index is -2.77. The summed E-state index contributed by atoms with van der Waals surface area (Å²) in [6.07, 6.45) is -1.11. The van der Waals surface area contributed by atoms with Crippen LogP contribution in [0.5, 0.6) is 5.88 Å². The normalized spacial score (nSPS) is 11.0. The first-order chi connectivity index (χ1) is 16.4. The molecular weight excluding hydrogens is 445 g/mol. The number of nitrogen functional groups attached to an aromatic ring is 1. The molecule has 0 saturated heterocycles. The molecule has 0 aliphatic carbocycles. The van der Waals surface area contributed by atoms with E-state index in [0.29, 0.717) is 40.4 Å². The zero-order valence-electron chi connectivity index (χ0n) is 18.2. The number of nitrogens with one attached hydrogen (secondary N) is 1. The molecule has 0 amide bonds. The van der Waals surface area contributed by atoms with Gasteiger partial charge in [0.1, 0.15) is 23.9 Å². The number of pyridine rings is 2. The van der Waals surface area contributed by atoms with Gasteiger partial charge in [0.25, 0.3) is 6.43 Å². The Bertz CT molecular complexity index is 1270. The van der Waals surface area contributed by atoms with E-state index in [0.717, 1.165) is 0 Å². The van der Waals surface area contributed by atoms with Crippen LogP contribution in [0.15, 0.2) is 60.8 Å². The lowest BCUT2D eigenvalue weighted by molar-refractivity contribution is 0.146. The molecule has 3 heterocycles. The van der Waals surface area contributed by atoms with Gasteiger partial charge in [0, 0.05) is 17.5 Å². The van der Waals surface area contributed by atoms with Crippen LogP contribution < -0.4 is 15.8 Å². The number of aryl methyl sites for hydroxylation is 1. The molecule has 174 valence electrons. The Balaban J connectivity index is 1.75. The summed E-state index contributed by atoms with van der Waals surface area (Å²) in [5, 5.41) is 3.11. The van der Waals surface area contributed by atoms with Crippen molar-refractivity contribution >= 4 is 11.8 Å². The monoisotopic (exact) mass is 466 g/mol. The van der Waals surface area contributed by atoms with Gasteiger partial charge < -0.3 is 15.8 Å². The third kappa shape index (κ3) is 5.40. The van der Waals surface area contributed by atoms with E-state index in [1.165, 1.54) is 30.3 Å². The average Bonchev–Trinajstić information content (AvgIpc) is 2.82. The lowest BCUT2D eigenvalue weighted by Gasteiger charge is -2.17. The predicted molar refractivity (Wildman–Crippen MR) is 123 cm³/mol. The molecule has 0 aliphatic rings. The van der Waals surface area contributed by atoms with Gasteiger partial charge in [-0.15, -0.1) is 0 Å². The van der Waals surface area contributed by atoms with E-state index >= 15 is 0 Å². The Hall–Kier alpha value is -4.21. The highest BCUT2D eigenvalue weighted by molar-refractivity contribution is 5.85. The average molecular weight is 466 g/mol. The first kappa shape index (κ1) is 23.0. The van der Waals surface area contributed by atoms with Crippen LogP contribution in [0.3, 0.4) is 0 Å². The van der Waals surface area contributed by atoms with Crippen LogP contribution in [0, 0.1) is 12.7 Å². The molecule has 4 rings (SSSR count).